The third-order valence-corrected chi connectivity index (χ3v) is 7.01. The fraction of sp³-hybridized carbons (Fsp3) is 0.214. The van der Waals surface area contributed by atoms with Crippen LogP contribution in [-0.2, 0) is 16.0 Å². The molecule has 1 saturated heterocycles. The van der Waals surface area contributed by atoms with Gasteiger partial charge in [-0.2, -0.15) is 0 Å². The van der Waals surface area contributed by atoms with Gasteiger partial charge in [0, 0.05) is 24.2 Å². The van der Waals surface area contributed by atoms with Gasteiger partial charge in [0.05, 0.1) is 12.8 Å². The monoisotopic (exact) mass is 519 g/mol. The van der Waals surface area contributed by atoms with Gasteiger partial charge in [-0.3, -0.25) is 19.3 Å². The van der Waals surface area contributed by atoms with E-state index in [4.69, 9.17) is 4.74 Å². The lowest BCUT2D eigenvalue weighted by molar-refractivity contribution is -0.129. The molecule has 190 valence electrons. The predicted molar refractivity (Wildman–Crippen MR) is 143 cm³/mol. The highest BCUT2D eigenvalue weighted by Gasteiger charge is 2.35. The molecule has 0 saturated carbocycles. The van der Waals surface area contributed by atoms with E-state index in [9.17, 15) is 18.8 Å². The average Bonchev–Trinajstić information content (AvgIpc) is 2.90. The Kier molecular flexibility index (Phi) is 8.35. The number of ether oxygens (including phenoxy) is 1. The lowest BCUT2D eigenvalue weighted by Crippen LogP contribution is -2.46. The number of amidine groups is 1. The third kappa shape index (κ3) is 6.83. The number of ketones is 1. The number of Topliss-reactive ketones (excluding diaryl/α,β-unsaturated/α-hetero) is 1. The average molecular weight is 520 g/mol. The summed E-state index contributed by atoms with van der Waals surface area (Å²) >= 11 is 1.19. The van der Waals surface area contributed by atoms with Crippen LogP contribution >= 0.6 is 11.8 Å². The fourth-order valence-corrected chi connectivity index (χ4v) is 4.86. The second-order valence-electron chi connectivity index (χ2n) is 8.45. The minimum absolute atomic E-state index is 0.00702. The van der Waals surface area contributed by atoms with Crippen molar-refractivity contribution in [2.24, 2.45) is 4.99 Å². The molecule has 1 N–H and O–H groups in total. The van der Waals surface area contributed by atoms with Crippen molar-refractivity contribution >= 4 is 45.9 Å². The van der Waals surface area contributed by atoms with Crippen molar-refractivity contribution in [2.75, 3.05) is 19.0 Å². The smallest absolute Gasteiger partial charge is 0.238 e. The van der Waals surface area contributed by atoms with Gasteiger partial charge in [0.25, 0.3) is 0 Å². The van der Waals surface area contributed by atoms with Crippen LogP contribution in [0.1, 0.15) is 29.3 Å². The molecule has 1 atom stereocenters. The van der Waals surface area contributed by atoms with E-state index in [0.717, 1.165) is 11.3 Å². The van der Waals surface area contributed by atoms with Crippen LogP contribution in [0.4, 0.5) is 15.8 Å². The molecule has 0 bridgehead atoms. The van der Waals surface area contributed by atoms with Crippen molar-refractivity contribution in [2.45, 2.75) is 25.0 Å². The number of carbonyl (C=O) groups is 3. The molecule has 1 heterocycles. The van der Waals surface area contributed by atoms with Crippen LogP contribution in [0, 0.1) is 5.82 Å². The zero-order chi connectivity index (χ0) is 26.4. The van der Waals surface area contributed by atoms with Crippen molar-refractivity contribution in [3.63, 3.8) is 0 Å². The van der Waals surface area contributed by atoms with Gasteiger partial charge in [0.15, 0.2) is 11.0 Å². The summed E-state index contributed by atoms with van der Waals surface area (Å²) in [7, 11) is 1.60. The first-order valence-corrected chi connectivity index (χ1v) is 12.6. The minimum Gasteiger partial charge on any atom is -0.497 e. The van der Waals surface area contributed by atoms with Gasteiger partial charge in [-0.05, 0) is 79.6 Å². The van der Waals surface area contributed by atoms with Crippen molar-refractivity contribution in [3.05, 3.63) is 89.7 Å². The Morgan fingerprint density at radius 1 is 1.05 bits per heavy atom. The first-order chi connectivity index (χ1) is 17.8. The van der Waals surface area contributed by atoms with E-state index in [-0.39, 0.29) is 29.8 Å². The van der Waals surface area contributed by atoms with E-state index in [0.29, 0.717) is 35.1 Å². The molecule has 7 nitrogen and oxygen atoms in total. The molecule has 4 rings (SSSR count). The molecular formula is C28H26FN3O4S. The SMILES string of the molecule is COc1ccc(CCN2C(=O)C[C@H](C(=O)Nc3ccc(C(C)=O)cc3)SC2=Nc2ccc(F)cc2)cc1. The summed E-state index contributed by atoms with van der Waals surface area (Å²) in [5.74, 6) is -0.268. The number of thioether (sulfide) groups is 1. The first-order valence-electron chi connectivity index (χ1n) is 11.7. The van der Waals surface area contributed by atoms with E-state index >= 15 is 0 Å². The molecule has 1 aliphatic rings. The van der Waals surface area contributed by atoms with Crippen LogP contribution < -0.4 is 10.1 Å². The topological polar surface area (TPSA) is 88.1 Å². The third-order valence-electron chi connectivity index (χ3n) is 5.83. The van der Waals surface area contributed by atoms with Crippen LogP contribution in [0.5, 0.6) is 5.75 Å². The van der Waals surface area contributed by atoms with Gasteiger partial charge >= 0.3 is 0 Å². The number of aliphatic imine (C=N–C) groups is 1. The van der Waals surface area contributed by atoms with E-state index in [1.165, 1.54) is 43.0 Å². The highest BCUT2D eigenvalue weighted by atomic mass is 32.2. The molecule has 9 heteroatoms. The molecule has 3 aromatic rings. The standard InChI is InChI=1S/C28H26FN3O4S/c1-18(33)20-5-9-22(10-6-20)30-27(35)25-17-26(34)32(16-15-19-3-13-24(36-2)14-4-19)28(37-25)31-23-11-7-21(29)8-12-23/h3-14,25H,15-17H2,1-2H3,(H,30,35)/t25-/m1/s1. The number of anilines is 1. The number of halogens is 1. The summed E-state index contributed by atoms with van der Waals surface area (Å²) in [6, 6.07) is 19.8. The predicted octanol–water partition coefficient (Wildman–Crippen LogP) is 5.24. The Morgan fingerprint density at radius 2 is 1.73 bits per heavy atom. The van der Waals surface area contributed by atoms with Crippen LogP contribution in [0.3, 0.4) is 0 Å². The zero-order valence-corrected chi connectivity index (χ0v) is 21.3. The molecule has 2 amide bonds. The highest BCUT2D eigenvalue weighted by Crippen LogP contribution is 2.30. The summed E-state index contributed by atoms with van der Waals surface area (Å²) in [5.41, 5.74) is 2.57. The highest BCUT2D eigenvalue weighted by molar-refractivity contribution is 8.15. The van der Waals surface area contributed by atoms with Crippen LogP contribution in [0.15, 0.2) is 77.8 Å². The second-order valence-corrected chi connectivity index (χ2v) is 9.62. The van der Waals surface area contributed by atoms with Crippen molar-refractivity contribution in [1.29, 1.82) is 0 Å². The van der Waals surface area contributed by atoms with E-state index in [1.807, 2.05) is 24.3 Å². The van der Waals surface area contributed by atoms with E-state index in [1.54, 1.807) is 36.3 Å². The Morgan fingerprint density at radius 3 is 2.35 bits per heavy atom. The Bertz CT molecular complexity index is 1310. The summed E-state index contributed by atoms with van der Waals surface area (Å²) < 4.78 is 18.6. The molecule has 1 fully saturated rings. The molecular weight excluding hydrogens is 493 g/mol. The molecule has 0 unspecified atom stereocenters. The van der Waals surface area contributed by atoms with Gasteiger partial charge in [0.2, 0.25) is 11.8 Å². The van der Waals surface area contributed by atoms with Crippen molar-refractivity contribution in [1.82, 2.24) is 4.90 Å². The molecule has 0 radical (unpaired) electrons. The lowest BCUT2D eigenvalue weighted by atomic mass is 10.1. The number of rotatable bonds is 8. The Balaban J connectivity index is 1.52. The van der Waals surface area contributed by atoms with Crippen molar-refractivity contribution in [3.8, 4) is 5.75 Å². The largest absolute Gasteiger partial charge is 0.497 e. The van der Waals surface area contributed by atoms with Crippen LogP contribution in [0.2, 0.25) is 0 Å². The van der Waals surface area contributed by atoms with Gasteiger partial charge in [-0.1, -0.05) is 23.9 Å². The first kappa shape index (κ1) is 26.1. The molecule has 3 aromatic carbocycles. The lowest BCUT2D eigenvalue weighted by Gasteiger charge is -2.32. The van der Waals surface area contributed by atoms with Gasteiger partial charge in [-0.25, -0.2) is 9.38 Å². The molecule has 0 spiro atoms. The molecule has 0 aliphatic carbocycles. The van der Waals surface area contributed by atoms with E-state index in [2.05, 4.69) is 10.3 Å². The second kappa shape index (κ2) is 11.8. The summed E-state index contributed by atoms with van der Waals surface area (Å²) in [6.07, 6.45) is 0.588. The number of hydrogen-bond donors (Lipinski definition) is 1. The number of amides is 2. The normalized spacial score (nSPS) is 16.5. The summed E-state index contributed by atoms with van der Waals surface area (Å²) in [6.45, 7) is 1.85. The zero-order valence-electron chi connectivity index (χ0n) is 20.4. The minimum atomic E-state index is -0.698. The maximum Gasteiger partial charge on any atom is 0.238 e. The maximum atomic E-state index is 13.4. The molecule has 1 aliphatic heterocycles. The number of methoxy groups -OCH3 is 1. The summed E-state index contributed by atoms with van der Waals surface area (Å²) in [4.78, 5) is 43.9. The number of carbonyl (C=O) groups excluding carboxylic acids is 3. The maximum absolute atomic E-state index is 13.4. The van der Waals surface area contributed by atoms with Crippen LogP contribution in [0.25, 0.3) is 0 Å². The summed E-state index contributed by atoms with van der Waals surface area (Å²) in [5, 5.41) is 2.50. The number of nitrogens with one attached hydrogen (secondary N) is 1. The van der Waals surface area contributed by atoms with Crippen molar-refractivity contribution < 1.29 is 23.5 Å². The van der Waals surface area contributed by atoms with Gasteiger partial charge in [0.1, 0.15) is 16.8 Å². The van der Waals surface area contributed by atoms with E-state index < -0.39 is 5.25 Å². The quantitative estimate of drug-likeness (QED) is 0.411. The molecule has 37 heavy (non-hydrogen) atoms. The number of nitrogens with zero attached hydrogens (tertiary/aromatic N) is 2. The number of hydrogen-bond acceptors (Lipinski definition) is 6. The molecule has 0 aromatic heterocycles. The Hall–Kier alpha value is -3.98. The fourth-order valence-electron chi connectivity index (χ4n) is 3.73. The van der Waals surface area contributed by atoms with Gasteiger partial charge in [-0.15, -0.1) is 0 Å². The number of benzene rings is 3. The Labute approximate surface area is 218 Å². The van der Waals surface area contributed by atoms with Gasteiger partial charge < -0.3 is 10.1 Å². The van der Waals surface area contributed by atoms with Crippen LogP contribution in [-0.4, -0.2) is 46.6 Å².